The number of rotatable bonds is 2. The van der Waals surface area contributed by atoms with Crippen LogP contribution in [0.15, 0.2) is 23.6 Å². The summed E-state index contributed by atoms with van der Waals surface area (Å²) >= 11 is 7.28. The summed E-state index contributed by atoms with van der Waals surface area (Å²) in [4.78, 5) is 8.53. The van der Waals surface area contributed by atoms with Crippen LogP contribution in [0.4, 0.5) is 0 Å². The van der Waals surface area contributed by atoms with Gasteiger partial charge in [-0.2, -0.15) is 0 Å². The number of alkyl halides is 1. The van der Waals surface area contributed by atoms with Crippen molar-refractivity contribution in [3.8, 4) is 0 Å². The van der Waals surface area contributed by atoms with Crippen LogP contribution < -0.4 is 0 Å². The zero-order valence-corrected chi connectivity index (χ0v) is 8.64. The monoisotopic (exact) mass is 213 g/mol. The predicted molar refractivity (Wildman–Crippen MR) is 54.3 cm³/mol. The van der Waals surface area contributed by atoms with Gasteiger partial charge in [0.2, 0.25) is 0 Å². The van der Waals surface area contributed by atoms with Crippen molar-refractivity contribution < 1.29 is 0 Å². The molecular formula is C8H8ClN3S. The molecule has 0 atom stereocenters. The molecule has 0 amide bonds. The van der Waals surface area contributed by atoms with Crippen molar-refractivity contribution in [1.29, 1.82) is 0 Å². The number of aromatic nitrogens is 3. The number of fused-ring (bicyclic) bond motifs is 1. The number of hydrogen-bond acceptors (Lipinski definition) is 3. The van der Waals surface area contributed by atoms with Crippen LogP contribution in [0, 0.1) is 0 Å². The molecule has 0 aliphatic rings. The van der Waals surface area contributed by atoms with Crippen molar-refractivity contribution in [1.82, 2.24) is 14.4 Å². The van der Waals surface area contributed by atoms with Crippen LogP contribution in [0.3, 0.4) is 0 Å². The van der Waals surface area contributed by atoms with Gasteiger partial charge in [0.1, 0.15) is 5.65 Å². The highest BCUT2D eigenvalue weighted by atomic mass is 35.5. The van der Waals surface area contributed by atoms with E-state index in [0.29, 0.717) is 5.88 Å². The molecular weight excluding hydrogens is 206 g/mol. The van der Waals surface area contributed by atoms with Gasteiger partial charge in [0.05, 0.1) is 11.6 Å². The summed E-state index contributed by atoms with van der Waals surface area (Å²) in [5.41, 5.74) is 1.78. The molecule has 0 radical (unpaired) electrons. The molecule has 5 heteroatoms. The molecule has 0 saturated heterocycles. The summed E-state index contributed by atoms with van der Waals surface area (Å²) < 4.78 is 1.95. The molecule has 0 unspecified atom stereocenters. The van der Waals surface area contributed by atoms with Crippen molar-refractivity contribution in [3.05, 3.63) is 24.2 Å². The van der Waals surface area contributed by atoms with Gasteiger partial charge in [0, 0.05) is 12.4 Å². The Bertz CT molecular complexity index is 426. The maximum absolute atomic E-state index is 5.69. The second kappa shape index (κ2) is 3.55. The number of hydrogen-bond donors (Lipinski definition) is 0. The second-order valence-electron chi connectivity index (χ2n) is 2.53. The van der Waals surface area contributed by atoms with Crippen LogP contribution in [-0.4, -0.2) is 20.6 Å². The van der Waals surface area contributed by atoms with E-state index < -0.39 is 0 Å². The fourth-order valence-electron chi connectivity index (χ4n) is 1.16. The summed E-state index contributed by atoms with van der Waals surface area (Å²) in [6.45, 7) is 0. The molecule has 2 rings (SSSR count). The summed E-state index contributed by atoms with van der Waals surface area (Å²) in [5.74, 6) is 0.440. The summed E-state index contributed by atoms with van der Waals surface area (Å²) in [6, 6.07) is 1.87. The highest BCUT2D eigenvalue weighted by molar-refractivity contribution is 7.98. The Kier molecular flexibility index (Phi) is 2.42. The van der Waals surface area contributed by atoms with E-state index in [9.17, 15) is 0 Å². The largest absolute Gasteiger partial charge is 0.278 e. The Morgan fingerprint density at radius 2 is 2.46 bits per heavy atom. The standard InChI is InChI=1S/C8H8ClN3S/c1-13-8-10-3-2-7-11-6(4-9)5-12(7)8/h2-3,5H,4H2,1H3. The minimum Gasteiger partial charge on any atom is -0.278 e. The first-order valence-corrected chi connectivity index (χ1v) is 5.54. The average Bonchev–Trinajstić information content (AvgIpc) is 2.59. The van der Waals surface area contributed by atoms with Crippen molar-refractivity contribution in [3.63, 3.8) is 0 Å². The predicted octanol–water partition coefficient (Wildman–Crippen LogP) is 2.19. The molecule has 0 spiro atoms. The molecule has 0 fully saturated rings. The number of imidazole rings is 1. The lowest BCUT2D eigenvalue weighted by molar-refractivity contribution is 0.904. The Morgan fingerprint density at radius 3 is 3.15 bits per heavy atom. The zero-order chi connectivity index (χ0) is 9.26. The van der Waals surface area contributed by atoms with E-state index in [1.54, 1.807) is 18.0 Å². The van der Waals surface area contributed by atoms with Gasteiger partial charge in [-0.25, -0.2) is 9.97 Å². The van der Waals surface area contributed by atoms with Crippen LogP contribution >= 0.6 is 23.4 Å². The Hall–Kier alpha value is -0.740. The van der Waals surface area contributed by atoms with E-state index in [4.69, 9.17) is 11.6 Å². The Morgan fingerprint density at radius 1 is 1.62 bits per heavy atom. The van der Waals surface area contributed by atoms with E-state index in [-0.39, 0.29) is 0 Å². The SMILES string of the molecule is CSc1nccc2nc(CCl)cn12. The third kappa shape index (κ3) is 1.51. The number of thioether (sulfide) groups is 1. The van der Waals surface area contributed by atoms with Crippen LogP contribution in [0.2, 0.25) is 0 Å². The van der Waals surface area contributed by atoms with Crippen LogP contribution in [0.1, 0.15) is 5.69 Å². The molecule has 0 bridgehead atoms. The first-order chi connectivity index (χ1) is 6.35. The van der Waals surface area contributed by atoms with Gasteiger partial charge in [-0.15, -0.1) is 11.6 Å². The van der Waals surface area contributed by atoms with Gasteiger partial charge in [-0.3, -0.25) is 4.40 Å². The smallest absolute Gasteiger partial charge is 0.173 e. The fraction of sp³-hybridized carbons (Fsp3) is 0.250. The van der Waals surface area contributed by atoms with Gasteiger partial charge < -0.3 is 0 Å². The highest BCUT2D eigenvalue weighted by Crippen LogP contribution is 2.15. The minimum absolute atomic E-state index is 0.440. The normalized spacial score (nSPS) is 10.9. The molecule has 2 aromatic heterocycles. The topological polar surface area (TPSA) is 30.2 Å². The minimum atomic E-state index is 0.440. The van der Waals surface area contributed by atoms with E-state index in [2.05, 4.69) is 9.97 Å². The highest BCUT2D eigenvalue weighted by Gasteiger charge is 2.03. The van der Waals surface area contributed by atoms with E-state index >= 15 is 0 Å². The van der Waals surface area contributed by atoms with Crippen molar-refractivity contribution in [2.45, 2.75) is 11.0 Å². The van der Waals surface area contributed by atoms with Gasteiger partial charge in [-0.1, -0.05) is 11.8 Å². The maximum atomic E-state index is 5.69. The van der Waals surface area contributed by atoms with Crippen LogP contribution in [0.5, 0.6) is 0 Å². The van der Waals surface area contributed by atoms with Crippen LogP contribution in [-0.2, 0) is 5.88 Å². The first-order valence-electron chi connectivity index (χ1n) is 3.78. The van der Waals surface area contributed by atoms with Gasteiger partial charge in [0.25, 0.3) is 0 Å². The molecule has 2 aromatic rings. The van der Waals surface area contributed by atoms with E-state index in [0.717, 1.165) is 16.5 Å². The number of nitrogens with zero attached hydrogens (tertiary/aromatic N) is 3. The van der Waals surface area contributed by atoms with Crippen molar-refractivity contribution in [2.24, 2.45) is 0 Å². The summed E-state index contributed by atoms with van der Waals surface area (Å²) in [6.07, 6.45) is 5.66. The lowest BCUT2D eigenvalue weighted by Gasteiger charge is -1.97. The molecule has 0 saturated carbocycles. The molecule has 0 N–H and O–H groups in total. The van der Waals surface area contributed by atoms with Gasteiger partial charge in [-0.05, 0) is 12.3 Å². The average molecular weight is 214 g/mol. The second-order valence-corrected chi connectivity index (χ2v) is 3.57. The Labute approximate surface area is 85.1 Å². The first kappa shape index (κ1) is 8.84. The summed E-state index contributed by atoms with van der Waals surface area (Å²) in [7, 11) is 0. The molecule has 13 heavy (non-hydrogen) atoms. The van der Waals surface area contributed by atoms with Gasteiger partial charge >= 0.3 is 0 Å². The molecule has 0 aromatic carbocycles. The lowest BCUT2D eigenvalue weighted by Crippen LogP contribution is -1.90. The fourth-order valence-corrected chi connectivity index (χ4v) is 1.80. The van der Waals surface area contributed by atoms with Crippen LogP contribution in [0.25, 0.3) is 5.65 Å². The van der Waals surface area contributed by atoms with E-state index in [1.807, 2.05) is 22.9 Å². The Balaban J connectivity index is 2.67. The van der Waals surface area contributed by atoms with E-state index in [1.165, 1.54) is 0 Å². The third-order valence-corrected chi connectivity index (χ3v) is 2.66. The van der Waals surface area contributed by atoms with Crippen molar-refractivity contribution >= 4 is 29.0 Å². The molecule has 2 heterocycles. The third-order valence-electron chi connectivity index (χ3n) is 1.72. The number of halogens is 1. The van der Waals surface area contributed by atoms with Gasteiger partial charge in [0.15, 0.2) is 5.16 Å². The molecule has 68 valence electrons. The summed E-state index contributed by atoms with van der Waals surface area (Å²) in [5, 5.41) is 0.932. The molecule has 0 aliphatic heterocycles. The molecule has 0 aliphatic carbocycles. The quantitative estimate of drug-likeness (QED) is 0.435. The molecule has 3 nitrogen and oxygen atoms in total. The lowest BCUT2D eigenvalue weighted by atomic mass is 10.6. The zero-order valence-electron chi connectivity index (χ0n) is 7.07. The van der Waals surface area contributed by atoms with Crippen molar-refractivity contribution in [2.75, 3.05) is 6.26 Å². The maximum Gasteiger partial charge on any atom is 0.173 e.